The van der Waals surface area contributed by atoms with E-state index in [0.717, 1.165) is 0 Å². The van der Waals surface area contributed by atoms with E-state index in [1.165, 1.54) is 5.56 Å². The van der Waals surface area contributed by atoms with Gasteiger partial charge in [-0.05, 0) is 18.2 Å². The van der Waals surface area contributed by atoms with Crippen molar-refractivity contribution in [3.8, 4) is 5.75 Å². The summed E-state index contributed by atoms with van der Waals surface area (Å²) in [6.45, 7) is 4.67. The van der Waals surface area contributed by atoms with Crippen LogP contribution in [0.3, 0.4) is 0 Å². The number of carbonyl (C=O) groups is 1. The van der Waals surface area contributed by atoms with E-state index >= 15 is 0 Å². The van der Waals surface area contributed by atoms with Crippen LogP contribution in [0.5, 0.6) is 5.75 Å². The normalized spacial score (nSPS) is 12.0. The average Bonchev–Trinajstić information content (AvgIpc) is 2.56. The van der Waals surface area contributed by atoms with Crippen LogP contribution < -0.4 is 15.4 Å². The fraction of sp³-hybridized carbons (Fsp3) is 0.316. The maximum Gasteiger partial charge on any atom is 0.279 e. The molecule has 0 saturated carbocycles. The third-order valence-corrected chi connectivity index (χ3v) is 4.19. The molecule has 0 aliphatic carbocycles. The highest BCUT2D eigenvalue weighted by molar-refractivity contribution is 6.32. The molecule has 1 atom stereocenters. The first-order valence-corrected chi connectivity index (χ1v) is 8.40. The lowest BCUT2D eigenvalue weighted by molar-refractivity contribution is -0.692. The Morgan fingerprint density at radius 2 is 1.92 bits per heavy atom. The number of benzene rings is 2. The molecule has 2 rings (SSSR count). The first-order chi connectivity index (χ1) is 11.5. The predicted octanol–water partition coefficient (Wildman–Crippen LogP) is 3.25. The summed E-state index contributed by atoms with van der Waals surface area (Å²) in [7, 11) is 1.56. The minimum absolute atomic E-state index is 0.0576. The monoisotopic (exact) mass is 347 g/mol. The van der Waals surface area contributed by atoms with Crippen LogP contribution in [-0.4, -0.2) is 19.6 Å². The largest absolute Gasteiger partial charge is 0.495 e. The van der Waals surface area contributed by atoms with Gasteiger partial charge in [0.15, 0.2) is 6.54 Å². The van der Waals surface area contributed by atoms with Gasteiger partial charge in [0, 0.05) is 17.2 Å². The minimum atomic E-state index is -0.0576. The van der Waals surface area contributed by atoms with Gasteiger partial charge >= 0.3 is 0 Å². The van der Waals surface area contributed by atoms with Gasteiger partial charge in [-0.3, -0.25) is 4.79 Å². The van der Waals surface area contributed by atoms with Crippen molar-refractivity contribution in [1.82, 2.24) is 0 Å². The molecule has 0 spiro atoms. The Bertz CT molecular complexity index is 674. The Balaban J connectivity index is 1.95. The van der Waals surface area contributed by atoms with E-state index in [-0.39, 0.29) is 11.9 Å². The van der Waals surface area contributed by atoms with E-state index in [2.05, 4.69) is 36.6 Å². The number of hydrogen-bond donors (Lipinski definition) is 2. The Kier molecular flexibility index (Phi) is 6.64. The van der Waals surface area contributed by atoms with E-state index in [4.69, 9.17) is 16.3 Å². The molecule has 0 aliphatic rings. The summed E-state index contributed by atoms with van der Waals surface area (Å²) in [5.41, 5.74) is 1.90. The van der Waals surface area contributed by atoms with Crippen LogP contribution in [0.15, 0.2) is 48.5 Å². The molecule has 0 fully saturated rings. The number of halogens is 1. The molecule has 0 radical (unpaired) electrons. The zero-order valence-corrected chi connectivity index (χ0v) is 15.0. The zero-order valence-electron chi connectivity index (χ0n) is 14.3. The van der Waals surface area contributed by atoms with Crippen molar-refractivity contribution in [2.45, 2.75) is 19.9 Å². The van der Waals surface area contributed by atoms with Crippen molar-refractivity contribution in [2.24, 2.45) is 5.92 Å². The number of ether oxygens (including phenoxy) is 1. The molecule has 2 aromatic carbocycles. The molecule has 3 N–H and O–H groups in total. The Hall–Kier alpha value is -2.04. The van der Waals surface area contributed by atoms with E-state index < -0.39 is 0 Å². The first-order valence-electron chi connectivity index (χ1n) is 8.03. The summed E-state index contributed by atoms with van der Waals surface area (Å²) in [6, 6.07) is 15.7. The van der Waals surface area contributed by atoms with Gasteiger partial charge in [-0.2, -0.15) is 0 Å². The summed E-state index contributed by atoms with van der Waals surface area (Å²) < 4.78 is 5.11. The molecule has 0 heterocycles. The summed E-state index contributed by atoms with van der Waals surface area (Å²) in [4.78, 5) is 12.2. The molecular weight excluding hydrogens is 324 g/mol. The molecule has 0 unspecified atom stereocenters. The summed E-state index contributed by atoms with van der Waals surface area (Å²) in [6.07, 6.45) is 0. The second-order valence-electron chi connectivity index (χ2n) is 6.02. The second kappa shape index (κ2) is 8.71. The third-order valence-electron chi connectivity index (χ3n) is 3.90. The van der Waals surface area contributed by atoms with Crippen molar-refractivity contribution >= 4 is 23.2 Å². The van der Waals surface area contributed by atoms with Gasteiger partial charge < -0.3 is 15.4 Å². The van der Waals surface area contributed by atoms with Crippen LogP contribution in [0.2, 0.25) is 5.02 Å². The fourth-order valence-electron chi connectivity index (χ4n) is 2.66. The van der Waals surface area contributed by atoms with E-state index in [1.807, 2.05) is 18.2 Å². The molecule has 4 nitrogen and oxygen atoms in total. The molecule has 0 aliphatic heterocycles. The topological polar surface area (TPSA) is 54.9 Å². The quantitative estimate of drug-likeness (QED) is 0.807. The highest BCUT2D eigenvalue weighted by Crippen LogP contribution is 2.27. The highest BCUT2D eigenvalue weighted by Gasteiger charge is 2.20. The first kappa shape index (κ1) is 18.3. The zero-order chi connectivity index (χ0) is 17.5. The molecule has 128 valence electrons. The smallest absolute Gasteiger partial charge is 0.279 e. The van der Waals surface area contributed by atoms with Gasteiger partial charge in [0.25, 0.3) is 5.91 Å². The number of quaternary nitrogens is 1. The number of hydrogen-bond acceptors (Lipinski definition) is 2. The van der Waals surface area contributed by atoms with Crippen molar-refractivity contribution in [1.29, 1.82) is 0 Å². The molecule has 2 aromatic rings. The molecular formula is C19H24ClN2O2+. The van der Waals surface area contributed by atoms with Crippen molar-refractivity contribution in [3.63, 3.8) is 0 Å². The van der Waals surface area contributed by atoms with Crippen LogP contribution in [0.4, 0.5) is 5.69 Å². The number of nitrogens with two attached hydrogens (primary N) is 1. The average molecular weight is 348 g/mol. The molecule has 0 aromatic heterocycles. The maximum atomic E-state index is 12.2. The van der Waals surface area contributed by atoms with Crippen molar-refractivity contribution < 1.29 is 14.8 Å². The molecule has 5 heteroatoms. The summed E-state index contributed by atoms with van der Waals surface area (Å²) in [5.74, 6) is 0.957. The highest BCUT2D eigenvalue weighted by atomic mass is 35.5. The van der Waals surface area contributed by atoms with Gasteiger partial charge in [0.05, 0.1) is 12.1 Å². The summed E-state index contributed by atoms with van der Waals surface area (Å²) >= 11 is 6.08. The third kappa shape index (κ3) is 4.98. The van der Waals surface area contributed by atoms with Crippen LogP contribution >= 0.6 is 11.6 Å². The number of methoxy groups -OCH3 is 1. The number of rotatable bonds is 7. The number of carbonyl (C=O) groups excluding carboxylic acids is 1. The molecule has 0 bridgehead atoms. The standard InChI is InChI=1S/C19H23ClN2O2/c1-13(2)19(14-7-5-4-6-8-14)21-12-18(23)22-15-9-10-17(24-3)16(20)11-15/h4-11,13,19,21H,12H2,1-3H3,(H,22,23)/p+1/t19-/m0/s1. The fourth-order valence-corrected chi connectivity index (χ4v) is 2.92. The van der Waals surface area contributed by atoms with Gasteiger partial charge in [0.1, 0.15) is 11.8 Å². The lowest BCUT2D eigenvalue weighted by atomic mass is 9.96. The van der Waals surface area contributed by atoms with Gasteiger partial charge in [0.2, 0.25) is 0 Å². The summed E-state index contributed by atoms with van der Waals surface area (Å²) in [5, 5.41) is 5.42. The van der Waals surface area contributed by atoms with E-state index in [1.54, 1.807) is 25.3 Å². The lowest BCUT2D eigenvalue weighted by Gasteiger charge is -2.19. The Morgan fingerprint density at radius 3 is 2.50 bits per heavy atom. The Labute approximate surface area is 148 Å². The molecule has 0 saturated heterocycles. The second-order valence-corrected chi connectivity index (χ2v) is 6.43. The van der Waals surface area contributed by atoms with Gasteiger partial charge in [-0.15, -0.1) is 0 Å². The van der Waals surface area contributed by atoms with Crippen molar-refractivity contribution in [2.75, 3.05) is 19.0 Å². The number of anilines is 1. The Morgan fingerprint density at radius 1 is 1.21 bits per heavy atom. The predicted molar refractivity (Wildman–Crippen MR) is 97.4 cm³/mol. The van der Waals surface area contributed by atoms with Gasteiger partial charge in [-0.1, -0.05) is 55.8 Å². The van der Waals surface area contributed by atoms with Crippen molar-refractivity contribution in [3.05, 3.63) is 59.1 Å². The van der Waals surface area contributed by atoms with Crippen LogP contribution in [0.1, 0.15) is 25.5 Å². The minimum Gasteiger partial charge on any atom is -0.495 e. The SMILES string of the molecule is COc1ccc(NC(=O)C[NH2+][C@H](c2ccccc2)C(C)C)cc1Cl. The van der Waals surface area contributed by atoms with Crippen LogP contribution in [0.25, 0.3) is 0 Å². The number of nitrogens with one attached hydrogen (secondary N) is 1. The molecule has 1 amide bonds. The van der Waals surface area contributed by atoms with Crippen LogP contribution in [0, 0.1) is 5.92 Å². The maximum absolute atomic E-state index is 12.2. The van der Waals surface area contributed by atoms with Gasteiger partial charge in [-0.25, -0.2) is 0 Å². The van der Waals surface area contributed by atoms with Crippen LogP contribution in [-0.2, 0) is 4.79 Å². The van der Waals surface area contributed by atoms with E-state index in [9.17, 15) is 4.79 Å². The number of amides is 1. The lowest BCUT2D eigenvalue weighted by Crippen LogP contribution is -2.88. The molecule has 24 heavy (non-hydrogen) atoms. The van der Waals surface area contributed by atoms with E-state index in [0.29, 0.717) is 28.9 Å².